The molecule has 2 aliphatic rings. The van der Waals surface area contributed by atoms with Gasteiger partial charge in [0.25, 0.3) is 5.91 Å². The van der Waals surface area contributed by atoms with Crippen LogP contribution in [0.2, 0.25) is 10.0 Å². The number of fused-ring (bicyclic) bond motifs is 1. The summed E-state index contributed by atoms with van der Waals surface area (Å²) in [5.41, 5.74) is 4.03. The second kappa shape index (κ2) is 8.78. The number of amides is 1. The van der Waals surface area contributed by atoms with Crippen molar-refractivity contribution in [2.75, 3.05) is 0 Å². The first-order valence-electron chi connectivity index (χ1n) is 10.2. The van der Waals surface area contributed by atoms with Gasteiger partial charge in [0.05, 0.1) is 11.8 Å². The highest BCUT2D eigenvalue weighted by Gasteiger charge is 2.48. The highest BCUT2D eigenvalue weighted by molar-refractivity contribution is 6.57. The van der Waals surface area contributed by atoms with Crippen molar-refractivity contribution < 1.29 is 4.79 Å². The Balaban J connectivity index is 1.80. The summed E-state index contributed by atoms with van der Waals surface area (Å²) in [7, 11) is 0. The molecule has 1 amide bonds. The summed E-state index contributed by atoms with van der Waals surface area (Å²) in [5.74, 6) is 0.0463. The van der Waals surface area contributed by atoms with E-state index in [0.717, 1.165) is 35.3 Å². The van der Waals surface area contributed by atoms with Crippen LogP contribution in [0.5, 0.6) is 0 Å². The first-order valence-corrected chi connectivity index (χ1v) is 11.7. The highest BCUT2D eigenvalue weighted by atomic mass is 35.5. The molecular formula is C24H22Cl4N2O. The molecule has 0 spiro atoms. The average molecular weight is 496 g/mol. The third-order valence-corrected chi connectivity index (χ3v) is 6.60. The normalized spacial score (nSPS) is 24.8. The highest BCUT2D eigenvalue weighted by Crippen LogP contribution is 2.47. The van der Waals surface area contributed by atoms with Crippen molar-refractivity contribution in [3.63, 3.8) is 0 Å². The predicted octanol–water partition coefficient (Wildman–Crippen LogP) is 7.56. The molecular weight excluding hydrogens is 474 g/mol. The fourth-order valence-electron chi connectivity index (χ4n) is 4.41. The van der Waals surface area contributed by atoms with Crippen molar-refractivity contribution in [3.8, 4) is 0 Å². The lowest BCUT2D eigenvalue weighted by atomic mass is 9.73. The standard InChI is InChI=1S/C24H22Cl4N2O/c1-14-11-17(13-15-3-7-18(25)8-4-15)21-20(12-14)22(16-5-9-19(26)10-6-16)30(29-21)23(31)24(2,27)28/h3-10,13-14,20,22H,11-12H2,1-2H3/b17-13+. The molecule has 2 aromatic rings. The van der Waals surface area contributed by atoms with E-state index >= 15 is 0 Å². The number of alkyl halides is 2. The fourth-order valence-corrected chi connectivity index (χ4v) is 4.84. The van der Waals surface area contributed by atoms with Crippen LogP contribution in [-0.4, -0.2) is 21.0 Å². The Morgan fingerprint density at radius 3 is 2.23 bits per heavy atom. The van der Waals surface area contributed by atoms with Crippen molar-refractivity contribution >= 4 is 64.1 Å². The van der Waals surface area contributed by atoms with Crippen LogP contribution in [0.1, 0.15) is 43.9 Å². The zero-order valence-corrected chi connectivity index (χ0v) is 20.2. The molecule has 0 radical (unpaired) electrons. The number of halogens is 4. The Morgan fingerprint density at radius 2 is 1.65 bits per heavy atom. The lowest BCUT2D eigenvalue weighted by Gasteiger charge is -2.33. The van der Waals surface area contributed by atoms with Crippen molar-refractivity contribution in [1.29, 1.82) is 0 Å². The topological polar surface area (TPSA) is 32.7 Å². The Bertz CT molecular complexity index is 1040. The third-order valence-electron chi connectivity index (χ3n) is 5.77. The number of carbonyl (C=O) groups is 1. The van der Waals surface area contributed by atoms with E-state index in [-0.39, 0.29) is 12.0 Å². The molecule has 0 aromatic heterocycles. The predicted molar refractivity (Wildman–Crippen MR) is 130 cm³/mol. The first kappa shape index (κ1) is 22.7. The van der Waals surface area contributed by atoms with Crippen LogP contribution in [0.25, 0.3) is 6.08 Å². The lowest BCUT2D eigenvalue weighted by molar-refractivity contribution is -0.134. The molecule has 0 saturated heterocycles. The maximum atomic E-state index is 13.1. The van der Waals surface area contributed by atoms with Crippen LogP contribution >= 0.6 is 46.4 Å². The molecule has 2 aromatic carbocycles. The quantitative estimate of drug-likeness (QED) is 0.404. The zero-order chi connectivity index (χ0) is 22.3. The van der Waals surface area contributed by atoms with E-state index in [0.29, 0.717) is 16.0 Å². The smallest absolute Gasteiger partial charge is 0.269 e. The van der Waals surface area contributed by atoms with Crippen LogP contribution in [-0.2, 0) is 4.79 Å². The second-order valence-electron chi connectivity index (χ2n) is 8.39. The molecule has 1 saturated carbocycles. The van der Waals surface area contributed by atoms with Crippen LogP contribution in [0, 0.1) is 11.8 Å². The molecule has 3 unspecified atom stereocenters. The Labute approximate surface area is 202 Å². The number of rotatable bonds is 3. The first-order chi connectivity index (χ1) is 14.6. The summed E-state index contributed by atoms with van der Waals surface area (Å²) in [6.45, 7) is 3.70. The second-order valence-corrected chi connectivity index (χ2v) is 11.0. The number of nitrogens with zero attached hydrogens (tertiary/aromatic N) is 2. The minimum atomic E-state index is -1.58. The van der Waals surface area contributed by atoms with Crippen molar-refractivity contribution in [1.82, 2.24) is 5.01 Å². The van der Waals surface area contributed by atoms with E-state index in [9.17, 15) is 4.79 Å². The summed E-state index contributed by atoms with van der Waals surface area (Å²) < 4.78 is -1.58. The molecule has 162 valence electrons. The zero-order valence-electron chi connectivity index (χ0n) is 17.2. The van der Waals surface area contributed by atoms with Gasteiger partial charge in [0.15, 0.2) is 4.33 Å². The van der Waals surface area contributed by atoms with Gasteiger partial charge in [0.1, 0.15) is 0 Å². The summed E-state index contributed by atoms with van der Waals surface area (Å²) in [6, 6.07) is 14.9. The lowest BCUT2D eigenvalue weighted by Crippen LogP contribution is -2.39. The monoisotopic (exact) mass is 494 g/mol. The van der Waals surface area contributed by atoms with Gasteiger partial charge in [-0.25, -0.2) is 5.01 Å². The summed E-state index contributed by atoms with van der Waals surface area (Å²) >= 11 is 24.6. The number of hydrogen-bond acceptors (Lipinski definition) is 2. The van der Waals surface area contributed by atoms with E-state index in [2.05, 4.69) is 13.0 Å². The third kappa shape index (κ3) is 4.80. The molecule has 4 rings (SSSR count). The van der Waals surface area contributed by atoms with Gasteiger partial charge in [-0.1, -0.05) is 77.6 Å². The maximum absolute atomic E-state index is 13.1. The molecule has 1 aliphatic heterocycles. The van der Waals surface area contributed by atoms with Crippen LogP contribution < -0.4 is 0 Å². The minimum absolute atomic E-state index is 0.0445. The van der Waals surface area contributed by atoms with Gasteiger partial charge in [0, 0.05) is 16.0 Å². The van der Waals surface area contributed by atoms with Crippen LogP contribution in [0.3, 0.4) is 0 Å². The largest absolute Gasteiger partial charge is 0.279 e. The Kier molecular flexibility index (Phi) is 6.42. The van der Waals surface area contributed by atoms with Crippen LogP contribution in [0.15, 0.2) is 59.2 Å². The molecule has 0 N–H and O–H groups in total. The minimum Gasteiger partial charge on any atom is -0.269 e. The van der Waals surface area contributed by atoms with Crippen molar-refractivity contribution in [2.45, 2.75) is 37.1 Å². The van der Waals surface area contributed by atoms with E-state index < -0.39 is 10.2 Å². The number of hydrazone groups is 1. The number of benzene rings is 2. The summed E-state index contributed by atoms with van der Waals surface area (Å²) in [5, 5.41) is 7.59. The van der Waals surface area contributed by atoms with Crippen molar-refractivity contribution in [3.05, 3.63) is 75.3 Å². The molecule has 0 bridgehead atoms. The van der Waals surface area contributed by atoms with Gasteiger partial charge in [0.2, 0.25) is 0 Å². The molecule has 3 atom stereocenters. The Hall–Kier alpha value is -1.52. The molecule has 1 fully saturated rings. The molecule has 1 aliphatic carbocycles. The summed E-state index contributed by atoms with van der Waals surface area (Å²) in [4.78, 5) is 13.1. The van der Waals surface area contributed by atoms with E-state index in [1.807, 2.05) is 48.5 Å². The number of hydrogen-bond donors (Lipinski definition) is 0. The van der Waals surface area contributed by atoms with Crippen LogP contribution in [0.4, 0.5) is 0 Å². The van der Waals surface area contributed by atoms with E-state index in [4.69, 9.17) is 51.5 Å². The van der Waals surface area contributed by atoms with Gasteiger partial charge >= 0.3 is 0 Å². The van der Waals surface area contributed by atoms with Gasteiger partial charge in [-0.2, -0.15) is 5.10 Å². The van der Waals surface area contributed by atoms with Gasteiger partial charge in [-0.05, 0) is 72.7 Å². The average Bonchev–Trinajstić information content (AvgIpc) is 3.08. The van der Waals surface area contributed by atoms with Crippen molar-refractivity contribution in [2.24, 2.45) is 16.9 Å². The van der Waals surface area contributed by atoms with Gasteiger partial charge in [-0.15, -0.1) is 0 Å². The van der Waals surface area contributed by atoms with Gasteiger partial charge in [-0.3, -0.25) is 4.79 Å². The maximum Gasteiger partial charge on any atom is 0.279 e. The molecule has 31 heavy (non-hydrogen) atoms. The van der Waals surface area contributed by atoms with Gasteiger partial charge < -0.3 is 0 Å². The molecule has 1 heterocycles. The summed E-state index contributed by atoms with van der Waals surface area (Å²) in [6.07, 6.45) is 3.92. The molecule has 3 nitrogen and oxygen atoms in total. The van der Waals surface area contributed by atoms with E-state index in [1.165, 1.54) is 11.9 Å². The SMILES string of the molecule is CC1C/C(=C\c2ccc(Cl)cc2)C2=NN(C(=O)C(C)(Cl)Cl)C(c3ccc(Cl)cc3)C2C1. The van der Waals surface area contributed by atoms with E-state index in [1.54, 1.807) is 0 Å². The fraction of sp³-hybridized carbons (Fsp3) is 0.333. The number of allylic oxidation sites excluding steroid dienone is 1. The Morgan fingerprint density at radius 1 is 1.06 bits per heavy atom. The number of carbonyl (C=O) groups excluding carboxylic acids is 1. The molecule has 7 heteroatoms.